The molecule has 1 saturated carbocycles. The number of nitrogens with one attached hydrogen (secondary N) is 2. The molecule has 1 aromatic rings. The van der Waals surface area contributed by atoms with Crippen molar-refractivity contribution in [2.24, 2.45) is 17.8 Å². The first-order chi connectivity index (χ1) is 7.36. The number of fused-ring (bicyclic) bond motifs is 1. The van der Waals surface area contributed by atoms with E-state index in [2.05, 4.69) is 10.6 Å². The van der Waals surface area contributed by atoms with Crippen LogP contribution in [0.1, 0.15) is 0 Å². The van der Waals surface area contributed by atoms with Gasteiger partial charge in [0.2, 0.25) is 5.91 Å². The first-order valence-corrected chi connectivity index (χ1v) is 5.43. The predicted molar refractivity (Wildman–Crippen MR) is 58.4 cm³/mol. The SMILES string of the molecule is O=C(Nc1ccccc1)C1[C@H]2CNC[C@@H]12. The summed E-state index contributed by atoms with van der Waals surface area (Å²) in [5.74, 6) is 1.63. The standard InChI is InChI=1S/C12H14N2O/c15-12(11-9-6-13-7-10(9)11)14-8-4-2-1-3-5-8/h1-5,9-11,13H,6-7H2,(H,14,15)/t9-,10+,11?. The van der Waals surface area contributed by atoms with Gasteiger partial charge in [0.15, 0.2) is 0 Å². The minimum absolute atomic E-state index is 0.192. The van der Waals surface area contributed by atoms with E-state index in [0.29, 0.717) is 11.8 Å². The van der Waals surface area contributed by atoms with Crippen LogP contribution < -0.4 is 10.6 Å². The van der Waals surface area contributed by atoms with Gasteiger partial charge in [-0.3, -0.25) is 4.79 Å². The molecule has 15 heavy (non-hydrogen) atoms. The van der Waals surface area contributed by atoms with Gasteiger partial charge in [-0.2, -0.15) is 0 Å². The molecule has 3 heteroatoms. The number of para-hydroxylation sites is 1. The second kappa shape index (κ2) is 3.35. The molecule has 1 saturated heterocycles. The smallest absolute Gasteiger partial charge is 0.228 e. The Balaban J connectivity index is 1.63. The Hall–Kier alpha value is -1.35. The maximum absolute atomic E-state index is 11.8. The summed E-state index contributed by atoms with van der Waals surface area (Å²) in [4.78, 5) is 11.8. The van der Waals surface area contributed by atoms with Crippen molar-refractivity contribution in [2.45, 2.75) is 0 Å². The average Bonchev–Trinajstić information content (AvgIpc) is 2.75. The van der Waals surface area contributed by atoms with Gasteiger partial charge in [-0.1, -0.05) is 18.2 Å². The number of hydrogen-bond acceptors (Lipinski definition) is 2. The number of rotatable bonds is 2. The lowest BCUT2D eigenvalue weighted by molar-refractivity contribution is -0.118. The molecule has 2 fully saturated rings. The normalized spacial score (nSPS) is 32.1. The van der Waals surface area contributed by atoms with Crippen LogP contribution in [0.2, 0.25) is 0 Å². The Bertz CT molecular complexity index is 366. The highest BCUT2D eigenvalue weighted by Crippen LogP contribution is 2.49. The first kappa shape index (κ1) is 8.92. The second-order valence-corrected chi connectivity index (χ2v) is 4.37. The minimum Gasteiger partial charge on any atom is -0.326 e. The minimum atomic E-state index is 0.192. The third-order valence-electron chi connectivity index (χ3n) is 3.44. The molecule has 78 valence electrons. The van der Waals surface area contributed by atoms with Gasteiger partial charge in [0, 0.05) is 11.6 Å². The fraction of sp³-hybridized carbons (Fsp3) is 0.417. The van der Waals surface area contributed by atoms with Gasteiger partial charge in [0.05, 0.1) is 0 Å². The predicted octanol–water partition coefficient (Wildman–Crippen LogP) is 1.09. The van der Waals surface area contributed by atoms with Gasteiger partial charge in [0.25, 0.3) is 0 Å². The molecule has 2 aliphatic rings. The van der Waals surface area contributed by atoms with Crippen LogP contribution in [0.4, 0.5) is 5.69 Å². The van der Waals surface area contributed by atoms with Crippen LogP contribution in [0.15, 0.2) is 30.3 Å². The van der Waals surface area contributed by atoms with E-state index in [-0.39, 0.29) is 11.8 Å². The fourth-order valence-electron chi connectivity index (χ4n) is 2.55. The van der Waals surface area contributed by atoms with Crippen LogP contribution in [0, 0.1) is 17.8 Å². The largest absolute Gasteiger partial charge is 0.326 e. The van der Waals surface area contributed by atoms with E-state index in [1.54, 1.807) is 0 Å². The van der Waals surface area contributed by atoms with Crippen molar-refractivity contribution < 1.29 is 4.79 Å². The molecule has 1 aliphatic heterocycles. The van der Waals surface area contributed by atoms with E-state index < -0.39 is 0 Å². The highest BCUT2D eigenvalue weighted by Gasteiger charge is 2.56. The molecule has 0 aromatic heterocycles. The third kappa shape index (κ3) is 1.53. The van der Waals surface area contributed by atoms with E-state index in [4.69, 9.17) is 0 Å². The summed E-state index contributed by atoms with van der Waals surface area (Å²) in [7, 11) is 0. The molecule has 1 amide bonds. The van der Waals surface area contributed by atoms with Gasteiger partial charge in [-0.05, 0) is 37.1 Å². The molecule has 3 rings (SSSR count). The van der Waals surface area contributed by atoms with Crippen LogP contribution >= 0.6 is 0 Å². The molecule has 2 N–H and O–H groups in total. The Kier molecular flexibility index (Phi) is 1.99. The molecule has 1 unspecified atom stereocenters. The number of carbonyl (C=O) groups excluding carboxylic acids is 1. The summed E-state index contributed by atoms with van der Waals surface area (Å²) in [6.45, 7) is 2.02. The highest BCUT2D eigenvalue weighted by atomic mass is 16.2. The maximum Gasteiger partial charge on any atom is 0.228 e. The van der Waals surface area contributed by atoms with Crippen molar-refractivity contribution in [3.05, 3.63) is 30.3 Å². The van der Waals surface area contributed by atoms with E-state index in [0.717, 1.165) is 18.8 Å². The van der Waals surface area contributed by atoms with Crippen molar-refractivity contribution >= 4 is 11.6 Å². The lowest BCUT2D eigenvalue weighted by Crippen LogP contribution is -2.23. The second-order valence-electron chi connectivity index (χ2n) is 4.37. The van der Waals surface area contributed by atoms with E-state index >= 15 is 0 Å². The van der Waals surface area contributed by atoms with Crippen LogP contribution in [0.3, 0.4) is 0 Å². The number of carbonyl (C=O) groups is 1. The summed E-state index contributed by atoms with van der Waals surface area (Å²) in [5, 5.41) is 6.26. The van der Waals surface area contributed by atoms with Crippen molar-refractivity contribution in [3.8, 4) is 0 Å². The molecule has 1 aromatic carbocycles. The van der Waals surface area contributed by atoms with Gasteiger partial charge in [0.1, 0.15) is 0 Å². The summed E-state index contributed by atoms with van der Waals surface area (Å²) in [5.41, 5.74) is 0.903. The van der Waals surface area contributed by atoms with E-state index in [1.165, 1.54) is 0 Å². The molecule has 1 aliphatic carbocycles. The molecular formula is C12H14N2O. The van der Waals surface area contributed by atoms with Crippen LogP contribution in [0.5, 0.6) is 0 Å². The number of piperidine rings is 1. The maximum atomic E-state index is 11.8. The summed E-state index contributed by atoms with van der Waals surface area (Å²) in [6, 6.07) is 9.67. The summed E-state index contributed by atoms with van der Waals surface area (Å²) < 4.78 is 0. The highest BCUT2D eigenvalue weighted by molar-refractivity contribution is 5.95. The molecule has 1 heterocycles. The number of amides is 1. The zero-order valence-electron chi connectivity index (χ0n) is 8.44. The Labute approximate surface area is 88.9 Å². The van der Waals surface area contributed by atoms with Gasteiger partial charge >= 0.3 is 0 Å². The Morgan fingerprint density at radius 1 is 1.20 bits per heavy atom. The van der Waals surface area contributed by atoms with E-state index in [9.17, 15) is 4.79 Å². The zero-order valence-corrected chi connectivity index (χ0v) is 8.44. The van der Waals surface area contributed by atoms with Crippen molar-refractivity contribution in [3.63, 3.8) is 0 Å². The Morgan fingerprint density at radius 3 is 2.53 bits per heavy atom. The van der Waals surface area contributed by atoms with E-state index in [1.807, 2.05) is 30.3 Å². The molecule has 3 atom stereocenters. The molecule has 0 spiro atoms. The number of anilines is 1. The quantitative estimate of drug-likeness (QED) is 0.753. The Morgan fingerprint density at radius 2 is 1.87 bits per heavy atom. The number of hydrogen-bond donors (Lipinski definition) is 2. The van der Waals surface area contributed by atoms with Gasteiger partial charge in [-0.15, -0.1) is 0 Å². The van der Waals surface area contributed by atoms with Crippen LogP contribution in [0.25, 0.3) is 0 Å². The van der Waals surface area contributed by atoms with Crippen molar-refractivity contribution in [2.75, 3.05) is 18.4 Å². The monoisotopic (exact) mass is 202 g/mol. The molecule has 3 nitrogen and oxygen atoms in total. The number of benzene rings is 1. The van der Waals surface area contributed by atoms with Gasteiger partial charge < -0.3 is 10.6 Å². The summed E-state index contributed by atoms with van der Waals surface area (Å²) in [6.07, 6.45) is 0. The van der Waals surface area contributed by atoms with Crippen molar-refractivity contribution in [1.29, 1.82) is 0 Å². The van der Waals surface area contributed by atoms with Crippen molar-refractivity contribution in [1.82, 2.24) is 5.32 Å². The van der Waals surface area contributed by atoms with Crippen LogP contribution in [-0.2, 0) is 4.79 Å². The third-order valence-corrected chi connectivity index (χ3v) is 3.44. The molecular weight excluding hydrogens is 188 g/mol. The average molecular weight is 202 g/mol. The molecule has 0 radical (unpaired) electrons. The zero-order chi connectivity index (χ0) is 10.3. The lowest BCUT2D eigenvalue weighted by atomic mass is 10.2. The fourth-order valence-corrected chi connectivity index (χ4v) is 2.55. The van der Waals surface area contributed by atoms with Crippen LogP contribution in [-0.4, -0.2) is 19.0 Å². The lowest BCUT2D eigenvalue weighted by Gasteiger charge is -2.06. The summed E-state index contributed by atoms with van der Waals surface area (Å²) >= 11 is 0. The topological polar surface area (TPSA) is 41.1 Å². The molecule has 0 bridgehead atoms. The van der Waals surface area contributed by atoms with Gasteiger partial charge in [-0.25, -0.2) is 0 Å². The first-order valence-electron chi connectivity index (χ1n) is 5.43.